The van der Waals surface area contributed by atoms with Crippen LogP contribution < -0.4 is 0 Å². The second kappa shape index (κ2) is 8.04. The Balaban J connectivity index is 2.63. The van der Waals surface area contributed by atoms with Crippen molar-refractivity contribution in [2.45, 2.75) is 18.1 Å². The number of hydrogen-bond acceptors (Lipinski definition) is 10. The Morgan fingerprint density at radius 1 is 0.750 bits per heavy atom. The average molecular weight is 444 g/mol. The van der Waals surface area contributed by atoms with Crippen LogP contribution in [0.15, 0.2) is 52.6 Å². The number of benzene rings is 1. The van der Waals surface area contributed by atoms with E-state index >= 15 is 0 Å². The maximum Gasteiger partial charge on any atom is 0.348 e. The lowest BCUT2D eigenvalue weighted by molar-refractivity contribution is -0.181. The quantitative estimate of drug-likeness (QED) is 0.468. The summed E-state index contributed by atoms with van der Waals surface area (Å²) in [4.78, 5) is 65.7. The molecule has 0 spiro atoms. The van der Waals surface area contributed by atoms with Gasteiger partial charge in [-0.2, -0.15) is 0 Å². The molecule has 0 N–H and O–H groups in total. The Morgan fingerprint density at radius 3 is 1.75 bits per heavy atom. The lowest BCUT2D eigenvalue weighted by Crippen LogP contribution is -2.56. The van der Waals surface area contributed by atoms with Gasteiger partial charge >= 0.3 is 23.9 Å². The summed E-state index contributed by atoms with van der Waals surface area (Å²) in [6.45, 7) is 1.27. The molecule has 10 nitrogen and oxygen atoms in total. The van der Waals surface area contributed by atoms with Crippen LogP contribution in [0.2, 0.25) is 0 Å². The smallest absolute Gasteiger partial charge is 0.348 e. The number of hydrogen-bond donors (Lipinski definition) is 0. The van der Waals surface area contributed by atoms with Gasteiger partial charge in [-0.1, -0.05) is 30.3 Å². The standard InChI is InChI=1S/C22H20O10/c1-11-13(17(24)28-2)22(20(27)31-5)15(19(26)30-4)14(18(25)29-3)21(32-22,16(11)23)12-9-7-6-8-10-12/h6-10H,1-5H3. The van der Waals surface area contributed by atoms with Crippen molar-refractivity contribution in [2.24, 2.45) is 0 Å². The Hall–Kier alpha value is -3.79. The normalized spacial score (nSPS) is 24.2. The Labute approximate surface area is 182 Å². The van der Waals surface area contributed by atoms with Crippen molar-refractivity contribution in [1.29, 1.82) is 0 Å². The summed E-state index contributed by atoms with van der Waals surface area (Å²) in [5.74, 6) is -5.55. The molecule has 2 atom stereocenters. The number of Topliss-reactive ketones (excluding diaryl/α,β-unsaturated/α-hetero) is 1. The van der Waals surface area contributed by atoms with Crippen LogP contribution in [0, 0.1) is 0 Å². The van der Waals surface area contributed by atoms with E-state index in [0.717, 1.165) is 28.4 Å². The number of ether oxygens (including phenoxy) is 5. The lowest BCUT2D eigenvalue weighted by Gasteiger charge is -2.40. The molecule has 2 unspecified atom stereocenters. The largest absolute Gasteiger partial charge is 0.466 e. The van der Waals surface area contributed by atoms with Gasteiger partial charge < -0.3 is 23.7 Å². The van der Waals surface area contributed by atoms with E-state index in [2.05, 4.69) is 0 Å². The SMILES string of the molecule is COC(=O)C1=C(C)C(=O)C2(c3ccccc3)OC1(C(=O)OC)C(C(=O)OC)=C2C(=O)OC. The topological polar surface area (TPSA) is 132 Å². The number of carbonyl (C=O) groups excluding carboxylic acids is 5. The molecular weight excluding hydrogens is 424 g/mol. The van der Waals surface area contributed by atoms with E-state index in [4.69, 9.17) is 23.7 Å². The monoisotopic (exact) mass is 444 g/mol. The Morgan fingerprint density at radius 2 is 1.25 bits per heavy atom. The summed E-state index contributed by atoms with van der Waals surface area (Å²) in [5.41, 5.74) is -6.92. The highest BCUT2D eigenvalue weighted by Crippen LogP contribution is 2.58. The second-order valence-corrected chi connectivity index (χ2v) is 6.88. The van der Waals surface area contributed by atoms with Gasteiger partial charge in [0.2, 0.25) is 11.4 Å². The predicted molar refractivity (Wildman–Crippen MR) is 105 cm³/mol. The molecule has 32 heavy (non-hydrogen) atoms. The van der Waals surface area contributed by atoms with Crippen molar-refractivity contribution in [2.75, 3.05) is 28.4 Å². The van der Waals surface area contributed by atoms with Crippen LogP contribution in [0.1, 0.15) is 12.5 Å². The van der Waals surface area contributed by atoms with Crippen LogP contribution in [-0.4, -0.2) is 63.7 Å². The molecule has 2 heterocycles. The highest BCUT2D eigenvalue weighted by Gasteiger charge is 2.73. The summed E-state index contributed by atoms with van der Waals surface area (Å²) in [6.07, 6.45) is 0. The summed E-state index contributed by atoms with van der Waals surface area (Å²) in [6, 6.07) is 7.74. The highest BCUT2D eigenvalue weighted by molar-refractivity contribution is 6.25. The van der Waals surface area contributed by atoms with Gasteiger partial charge in [-0.15, -0.1) is 0 Å². The minimum absolute atomic E-state index is 0.126. The maximum atomic E-state index is 13.7. The molecule has 1 aromatic rings. The third kappa shape index (κ3) is 2.72. The minimum Gasteiger partial charge on any atom is -0.466 e. The van der Waals surface area contributed by atoms with Gasteiger partial charge in [0, 0.05) is 5.57 Å². The van der Waals surface area contributed by atoms with E-state index in [9.17, 15) is 24.0 Å². The first-order valence-corrected chi connectivity index (χ1v) is 9.29. The molecule has 0 amide bonds. The van der Waals surface area contributed by atoms with Crippen molar-refractivity contribution in [3.05, 3.63) is 58.2 Å². The Kier molecular flexibility index (Phi) is 5.75. The van der Waals surface area contributed by atoms with Crippen molar-refractivity contribution in [1.82, 2.24) is 0 Å². The fourth-order valence-corrected chi connectivity index (χ4v) is 4.15. The summed E-state index contributed by atoms with van der Waals surface area (Å²) in [5, 5.41) is 0. The average Bonchev–Trinajstić information content (AvgIpc) is 3.12. The number of rotatable bonds is 5. The summed E-state index contributed by atoms with van der Waals surface area (Å²) in [7, 11) is 4.05. The van der Waals surface area contributed by atoms with Gasteiger partial charge in [0.15, 0.2) is 5.60 Å². The van der Waals surface area contributed by atoms with Crippen molar-refractivity contribution >= 4 is 29.7 Å². The Bertz CT molecular complexity index is 1100. The van der Waals surface area contributed by atoms with E-state index in [1.807, 2.05) is 0 Å². The molecule has 2 bridgehead atoms. The maximum absolute atomic E-state index is 13.7. The molecule has 168 valence electrons. The molecule has 1 aromatic carbocycles. The van der Waals surface area contributed by atoms with Gasteiger partial charge in [-0.25, -0.2) is 19.2 Å². The zero-order chi connectivity index (χ0) is 23.8. The number of carbonyl (C=O) groups is 5. The molecule has 0 saturated carbocycles. The molecule has 0 fully saturated rings. The van der Waals surface area contributed by atoms with Crippen LogP contribution in [0.4, 0.5) is 0 Å². The number of esters is 4. The summed E-state index contributed by atoms with van der Waals surface area (Å²) < 4.78 is 25.4. The molecule has 10 heteroatoms. The predicted octanol–water partition coefficient (Wildman–Crippen LogP) is 0.539. The van der Waals surface area contributed by atoms with Crippen molar-refractivity contribution < 1.29 is 47.7 Å². The van der Waals surface area contributed by atoms with Crippen molar-refractivity contribution in [3.63, 3.8) is 0 Å². The molecule has 3 rings (SSSR count). The first-order valence-electron chi connectivity index (χ1n) is 9.29. The highest BCUT2D eigenvalue weighted by atomic mass is 16.6. The fourth-order valence-electron chi connectivity index (χ4n) is 4.15. The minimum atomic E-state index is -2.62. The molecule has 0 radical (unpaired) electrons. The van der Waals surface area contributed by atoms with Gasteiger partial charge in [0.1, 0.15) is 0 Å². The number of fused-ring (bicyclic) bond motifs is 2. The van der Waals surface area contributed by atoms with Crippen molar-refractivity contribution in [3.8, 4) is 0 Å². The van der Waals surface area contributed by atoms with E-state index < -0.39 is 57.6 Å². The lowest BCUT2D eigenvalue weighted by atomic mass is 9.78. The third-order valence-electron chi connectivity index (χ3n) is 5.47. The van der Waals surface area contributed by atoms with Crippen LogP contribution in [0.3, 0.4) is 0 Å². The van der Waals surface area contributed by atoms with E-state index in [-0.39, 0.29) is 11.1 Å². The number of ketones is 1. The third-order valence-corrected chi connectivity index (χ3v) is 5.47. The van der Waals surface area contributed by atoms with E-state index in [0.29, 0.717) is 0 Å². The van der Waals surface area contributed by atoms with Gasteiger partial charge in [0.05, 0.1) is 45.2 Å². The number of methoxy groups -OCH3 is 4. The zero-order valence-corrected chi connectivity index (χ0v) is 18.0. The van der Waals surface area contributed by atoms with Gasteiger partial charge in [-0.3, -0.25) is 4.79 Å². The second-order valence-electron chi connectivity index (χ2n) is 6.88. The molecular formula is C22H20O10. The first kappa shape index (κ1) is 22.9. The summed E-state index contributed by atoms with van der Waals surface area (Å²) >= 11 is 0. The van der Waals surface area contributed by atoms with E-state index in [1.54, 1.807) is 18.2 Å². The van der Waals surface area contributed by atoms with Crippen LogP contribution >= 0.6 is 0 Å². The van der Waals surface area contributed by atoms with E-state index in [1.165, 1.54) is 19.1 Å². The first-order chi connectivity index (χ1) is 15.2. The zero-order valence-electron chi connectivity index (χ0n) is 18.0. The molecule has 0 aliphatic carbocycles. The van der Waals surface area contributed by atoms with Gasteiger partial charge in [-0.05, 0) is 12.5 Å². The van der Waals surface area contributed by atoms with Gasteiger partial charge in [0.25, 0.3) is 0 Å². The van der Waals surface area contributed by atoms with Crippen LogP contribution in [0.25, 0.3) is 0 Å². The molecule has 0 saturated heterocycles. The molecule has 0 aromatic heterocycles. The van der Waals surface area contributed by atoms with Crippen LogP contribution in [0.5, 0.6) is 0 Å². The molecule has 2 aliphatic heterocycles. The van der Waals surface area contributed by atoms with Crippen LogP contribution in [-0.2, 0) is 53.3 Å². The molecule has 2 aliphatic rings. The fraction of sp³-hybridized carbons (Fsp3) is 0.318.